The van der Waals surface area contributed by atoms with Gasteiger partial charge in [-0.3, -0.25) is 10.1 Å². The van der Waals surface area contributed by atoms with Crippen LogP contribution in [-0.2, 0) is 13.0 Å². The minimum Gasteiger partial charge on any atom is -0.333 e. The number of amides is 2. The second-order valence-electron chi connectivity index (χ2n) is 5.90. The van der Waals surface area contributed by atoms with Crippen LogP contribution in [0.5, 0.6) is 0 Å². The quantitative estimate of drug-likeness (QED) is 0.659. The SMILES string of the molecule is Cc1cc([N+](=O)[O-])c(C)cc1NC(=O)N[C@@H]1CCc2ncnn2C1. The molecule has 2 amide bonds. The molecule has 126 valence electrons. The van der Waals surface area contributed by atoms with E-state index in [2.05, 4.69) is 20.7 Å². The number of anilines is 1. The van der Waals surface area contributed by atoms with Gasteiger partial charge in [-0.2, -0.15) is 5.10 Å². The lowest BCUT2D eigenvalue weighted by atomic mass is 10.1. The van der Waals surface area contributed by atoms with Crippen LogP contribution in [-0.4, -0.2) is 31.8 Å². The maximum absolute atomic E-state index is 12.2. The lowest BCUT2D eigenvalue weighted by Gasteiger charge is -2.23. The van der Waals surface area contributed by atoms with Crippen LogP contribution in [0.1, 0.15) is 23.4 Å². The minimum atomic E-state index is -0.427. The Morgan fingerprint density at radius 3 is 2.92 bits per heavy atom. The number of carbonyl (C=O) groups excluding carboxylic acids is 1. The fraction of sp³-hybridized carbons (Fsp3) is 0.400. The third kappa shape index (κ3) is 3.19. The molecular weight excluding hydrogens is 312 g/mol. The van der Waals surface area contributed by atoms with E-state index in [0.29, 0.717) is 23.4 Å². The van der Waals surface area contributed by atoms with Gasteiger partial charge in [0.1, 0.15) is 12.2 Å². The zero-order chi connectivity index (χ0) is 17.3. The molecule has 1 aromatic heterocycles. The Hall–Kier alpha value is -2.97. The van der Waals surface area contributed by atoms with Gasteiger partial charge in [0.15, 0.2) is 0 Å². The average Bonchev–Trinajstić information content (AvgIpc) is 2.97. The van der Waals surface area contributed by atoms with E-state index in [1.807, 2.05) is 0 Å². The van der Waals surface area contributed by atoms with E-state index < -0.39 is 4.92 Å². The fourth-order valence-corrected chi connectivity index (χ4v) is 2.83. The summed E-state index contributed by atoms with van der Waals surface area (Å²) in [5.74, 6) is 0.926. The molecule has 0 saturated heterocycles. The molecule has 0 spiro atoms. The summed E-state index contributed by atoms with van der Waals surface area (Å²) < 4.78 is 1.79. The van der Waals surface area contributed by atoms with Crippen molar-refractivity contribution in [2.24, 2.45) is 0 Å². The van der Waals surface area contributed by atoms with Gasteiger partial charge in [-0.15, -0.1) is 0 Å². The van der Waals surface area contributed by atoms with E-state index in [-0.39, 0.29) is 17.8 Å². The first-order valence-electron chi connectivity index (χ1n) is 7.64. The van der Waals surface area contributed by atoms with Gasteiger partial charge in [0.05, 0.1) is 17.5 Å². The van der Waals surface area contributed by atoms with E-state index in [4.69, 9.17) is 0 Å². The molecule has 2 heterocycles. The summed E-state index contributed by atoms with van der Waals surface area (Å²) in [4.78, 5) is 26.9. The third-order valence-corrected chi connectivity index (χ3v) is 4.13. The fourth-order valence-electron chi connectivity index (χ4n) is 2.83. The Bertz CT molecular complexity index is 801. The predicted molar refractivity (Wildman–Crippen MR) is 86.9 cm³/mol. The van der Waals surface area contributed by atoms with Gasteiger partial charge in [-0.25, -0.2) is 14.5 Å². The summed E-state index contributed by atoms with van der Waals surface area (Å²) in [6.07, 6.45) is 3.08. The highest BCUT2D eigenvalue weighted by atomic mass is 16.6. The molecule has 0 saturated carbocycles. The number of aryl methyl sites for hydroxylation is 3. The Morgan fingerprint density at radius 2 is 2.17 bits per heavy atom. The maximum Gasteiger partial charge on any atom is 0.319 e. The van der Waals surface area contributed by atoms with Crippen LogP contribution >= 0.6 is 0 Å². The number of nitrogens with one attached hydrogen (secondary N) is 2. The van der Waals surface area contributed by atoms with Gasteiger partial charge in [0, 0.05) is 23.7 Å². The molecule has 3 rings (SSSR count). The van der Waals surface area contributed by atoms with Gasteiger partial charge >= 0.3 is 6.03 Å². The molecule has 0 fully saturated rings. The number of carbonyl (C=O) groups is 1. The van der Waals surface area contributed by atoms with Crippen molar-refractivity contribution in [3.63, 3.8) is 0 Å². The second-order valence-corrected chi connectivity index (χ2v) is 5.90. The van der Waals surface area contributed by atoms with Crippen LogP contribution in [0.2, 0.25) is 0 Å². The molecule has 2 N–H and O–H groups in total. The van der Waals surface area contributed by atoms with Crippen molar-refractivity contribution in [1.82, 2.24) is 20.1 Å². The zero-order valence-electron chi connectivity index (χ0n) is 13.4. The number of benzene rings is 1. The largest absolute Gasteiger partial charge is 0.333 e. The molecule has 2 aromatic rings. The van der Waals surface area contributed by atoms with Crippen molar-refractivity contribution in [3.05, 3.63) is 45.5 Å². The van der Waals surface area contributed by atoms with Crippen LogP contribution in [0.4, 0.5) is 16.2 Å². The number of hydrogen-bond acceptors (Lipinski definition) is 5. The van der Waals surface area contributed by atoms with E-state index >= 15 is 0 Å². The highest BCUT2D eigenvalue weighted by Crippen LogP contribution is 2.26. The van der Waals surface area contributed by atoms with Crippen LogP contribution in [0, 0.1) is 24.0 Å². The summed E-state index contributed by atoms with van der Waals surface area (Å²) in [7, 11) is 0. The highest BCUT2D eigenvalue weighted by Gasteiger charge is 2.22. The van der Waals surface area contributed by atoms with Crippen molar-refractivity contribution in [3.8, 4) is 0 Å². The molecule has 9 heteroatoms. The minimum absolute atomic E-state index is 0.0290. The maximum atomic E-state index is 12.2. The number of nitrogens with zero attached hydrogens (tertiary/aromatic N) is 4. The number of urea groups is 1. The lowest BCUT2D eigenvalue weighted by molar-refractivity contribution is -0.385. The Kier molecular flexibility index (Phi) is 4.15. The molecule has 1 atom stereocenters. The van der Waals surface area contributed by atoms with E-state index in [9.17, 15) is 14.9 Å². The molecule has 9 nitrogen and oxygen atoms in total. The van der Waals surface area contributed by atoms with Crippen LogP contribution < -0.4 is 10.6 Å². The van der Waals surface area contributed by atoms with E-state index in [1.165, 1.54) is 12.4 Å². The third-order valence-electron chi connectivity index (χ3n) is 4.13. The Balaban J connectivity index is 1.65. The van der Waals surface area contributed by atoms with Gasteiger partial charge in [0.25, 0.3) is 5.69 Å². The first-order chi connectivity index (χ1) is 11.4. The molecule has 1 aromatic carbocycles. The number of aromatic nitrogens is 3. The molecule has 1 aliphatic rings. The molecule has 1 aliphatic heterocycles. The van der Waals surface area contributed by atoms with Crippen molar-refractivity contribution in [2.45, 2.75) is 39.3 Å². The summed E-state index contributed by atoms with van der Waals surface area (Å²) in [6, 6.07) is 2.72. The van der Waals surface area contributed by atoms with Crippen LogP contribution in [0.25, 0.3) is 0 Å². The highest BCUT2D eigenvalue weighted by molar-refractivity contribution is 5.90. The first kappa shape index (κ1) is 15.9. The summed E-state index contributed by atoms with van der Waals surface area (Å²) >= 11 is 0. The molecule has 24 heavy (non-hydrogen) atoms. The Labute approximate surface area is 138 Å². The van der Waals surface area contributed by atoms with Crippen LogP contribution in [0.15, 0.2) is 18.5 Å². The normalized spacial score (nSPS) is 16.3. The van der Waals surface area contributed by atoms with E-state index in [0.717, 1.165) is 18.7 Å². The van der Waals surface area contributed by atoms with Crippen molar-refractivity contribution in [2.75, 3.05) is 5.32 Å². The second kappa shape index (κ2) is 6.26. The van der Waals surface area contributed by atoms with Crippen LogP contribution in [0.3, 0.4) is 0 Å². The predicted octanol–water partition coefficient (Wildman–Crippen LogP) is 1.94. The van der Waals surface area contributed by atoms with Gasteiger partial charge in [0.2, 0.25) is 0 Å². The van der Waals surface area contributed by atoms with Crippen molar-refractivity contribution >= 4 is 17.4 Å². The molecule has 0 aliphatic carbocycles. The number of nitro groups is 1. The molecule has 0 unspecified atom stereocenters. The zero-order valence-corrected chi connectivity index (χ0v) is 13.4. The van der Waals surface area contributed by atoms with Gasteiger partial charge in [-0.05, 0) is 31.9 Å². The van der Waals surface area contributed by atoms with Crippen molar-refractivity contribution in [1.29, 1.82) is 0 Å². The average molecular weight is 330 g/mol. The summed E-state index contributed by atoms with van der Waals surface area (Å²) in [5, 5.41) is 20.7. The first-order valence-corrected chi connectivity index (χ1v) is 7.64. The van der Waals surface area contributed by atoms with Gasteiger partial charge in [-0.1, -0.05) is 0 Å². The lowest BCUT2D eigenvalue weighted by Crippen LogP contribution is -2.43. The number of fused-ring (bicyclic) bond motifs is 1. The monoisotopic (exact) mass is 330 g/mol. The molecule has 0 bridgehead atoms. The number of hydrogen-bond donors (Lipinski definition) is 2. The Morgan fingerprint density at radius 1 is 1.38 bits per heavy atom. The van der Waals surface area contributed by atoms with Gasteiger partial charge < -0.3 is 10.6 Å². The smallest absolute Gasteiger partial charge is 0.319 e. The summed E-state index contributed by atoms with van der Waals surface area (Å²) in [5.41, 5.74) is 1.76. The molecule has 0 radical (unpaired) electrons. The topological polar surface area (TPSA) is 115 Å². The number of nitro benzene ring substituents is 1. The number of rotatable bonds is 3. The standard InChI is InChI=1S/C15H18N6O3/c1-9-6-13(21(23)24)10(2)5-12(9)19-15(22)18-11-3-4-14-16-8-17-20(14)7-11/h5-6,8,11H,3-4,7H2,1-2H3,(H2,18,19,22)/t11-/m1/s1. The molecular formula is C15H18N6O3. The van der Waals surface area contributed by atoms with Crippen molar-refractivity contribution < 1.29 is 9.72 Å². The summed E-state index contributed by atoms with van der Waals surface area (Å²) in [6.45, 7) is 3.96. The van der Waals surface area contributed by atoms with E-state index in [1.54, 1.807) is 24.6 Å².